The summed E-state index contributed by atoms with van der Waals surface area (Å²) < 4.78 is 24.4. The molecule has 2 heterocycles. The zero-order chi connectivity index (χ0) is 16.2. The molecule has 0 saturated carbocycles. The smallest absolute Gasteiger partial charge is 0.257 e. The monoisotopic (exact) mass is 316 g/mol. The van der Waals surface area contributed by atoms with E-state index in [9.17, 15) is 9.18 Å². The zero-order valence-electron chi connectivity index (χ0n) is 12.7. The minimum absolute atomic E-state index is 0.213. The Bertz CT molecular complexity index is 693. The minimum Gasteiger partial charge on any atom is -0.496 e. The molecule has 1 aliphatic rings. The van der Waals surface area contributed by atoms with Crippen LogP contribution in [0.15, 0.2) is 42.7 Å². The first kappa shape index (κ1) is 15.4. The number of carbonyl (C=O) groups excluding carboxylic acids is 1. The predicted molar refractivity (Wildman–Crippen MR) is 81.8 cm³/mol. The van der Waals surface area contributed by atoms with Crippen LogP contribution in [0.2, 0.25) is 0 Å². The van der Waals surface area contributed by atoms with Gasteiger partial charge in [0.1, 0.15) is 17.7 Å². The Hall–Kier alpha value is -2.47. The van der Waals surface area contributed by atoms with Crippen LogP contribution in [0.5, 0.6) is 5.75 Å². The molecule has 23 heavy (non-hydrogen) atoms. The van der Waals surface area contributed by atoms with Gasteiger partial charge in [-0.1, -0.05) is 0 Å². The number of rotatable bonds is 3. The molecule has 0 spiro atoms. The molecular weight excluding hydrogens is 299 g/mol. The number of pyridine rings is 1. The fourth-order valence-electron chi connectivity index (χ4n) is 2.63. The third-order valence-corrected chi connectivity index (χ3v) is 3.82. The second-order valence-electron chi connectivity index (χ2n) is 5.24. The van der Waals surface area contributed by atoms with Crippen molar-refractivity contribution >= 4 is 5.91 Å². The van der Waals surface area contributed by atoms with Gasteiger partial charge in [0.15, 0.2) is 0 Å². The lowest BCUT2D eigenvalue weighted by Gasteiger charge is -2.33. The van der Waals surface area contributed by atoms with Crippen molar-refractivity contribution in [1.82, 2.24) is 9.88 Å². The van der Waals surface area contributed by atoms with Gasteiger partial charge in [0.25, 0.3) is 5.91 Å². The summed E-state index contributed by atoms with van der Waals surface area (Å²) in [7, 11) is 1.46. The third kappa shape index (κ3) is 3.32. The van der Waals surface area contributed by atoms with Crippen LogP contribution in [-0.2, 0) is 4.74 Å². The van der Waals surface area contributed by atoms with Crippen LogP contribution in [0.25, 0.3) is 0 Å². The highest BCUT2D eigenvalue weighted by Crippen LogP contribution is 2.26. The molecule has 1 atom stereocenters. The highest BCUT2D eigenvalue weighted by molar-refractivity contribution is 5.97. The van der Waals surface area contributed by atoms with E-state index in [1.807, 2.05) is 12.1 Å². The molecule has 1 aliphatic heterocycles. The average molecular weight is 316 g/mol. The largest absolute Gasteiger partial charge is 0.496 e. The predicted octanol–water partition coefficient (Wildman–Crippen LogP) is 2.44. The maximum Gasteiger partial charge on any atom is 0.257 e. The van der Waals surface area contributed by atoms with Crippen LogP contribution in [0.4, 0.5) is 4.39 Å². The molecule has 0 N–H and O–H groups in total. The number of nitrogens with zero attached hydrogens (tertiary/aromatic N) is 2. The number of morpholine rings is 1. The van der Waals surface area contributed by atoms with E-state index in [1.54, 1.807) is 17.3 Å². The molecule has 1 aromatic heterocycles. The van der Waals surface area contributed by atoms with E-state index < -0.39 is 5.82 Å². The zero-order valence-corrected chi connectivity index (χ0v) is 12.7. The summed E-state index contributed by atoms with van der Waals surface area (Å²) in [5.74, 6) is -0.361. The van der Waals surface area contributed by atoms with Crippen molar-refractivity contribution in [3.05, 3.63) is 59.7 Å². The first-order chi connectivity index (χ1) is 11.2. The summed E-state index contributed by atoms with van der Waals surface area (Å²) in [5, 5.41) is 0. The molecule has 3 rings (SSSR count). The van der Waals surface area contributed by atoms with E-state index in [2.05, 4.69) is 4.98 Å². The number of halogens is 1. The first-order valence-electron chi connectivity index (χ1n) is 7.33. The van der Waals surface area contributed by atoms with Crippen LogP contribution in [0.1, 0.15) is 22.0 Å². The van der Waals surface area contributed by atoms with Crippen LogP contribution in [0, 0.1) is 5.82 Å². The lowest BCUT2D eigenvalue weighted by molar-refractivity contribution is -0.0229. The second kappa shape index (κ2) is 6.75. The van der Waals surface area contributed by atoms with Crippen LogP contribution in [0.3, 0.4) is 0 Å². The van der Waals surface area contributed by atoms with Gasteiger partial charge >= 0.3 is 0 Å². The van der Waals surface area contributed by atoms with Crippen molar-refractivity contribution in [2.24, 2.45) is 0 Å². The van der Waals surface area contributed by atoms with Crippen molar-refractivity contribution in [1.29, 1.82) is 0 Å². The maximum absolute atomic E-state index is 13.5. The van der Waals surface area contributed by atoms with Gasteiger partial charge in [-0.15, -0.1) is 0 Å². The number of methoxy groups -OCH3 is 1. The first-order valence-corrected chi connectivity index (χ1v) is 7.33. The van der Waals surface area contributed by atoms with Crippen molar-refractivity contribution in [2.75, 3.05) is 26.8 Å². The minimum atomic E-state index is -0.465. The van der Waals surface area contributed by atoms with Gasteiger partial charge in [-0.05, 0) is 35.9 Å². The Balaban J connectivity index is 1.81. The lowest BCUT2D eigenvalue weighted by Crippen LogP contribution is -2.42. The number of carbonyl (C=O) groups is 1. The molecule has 0 bridgehead atoms. The molecule has 120 valence electrons. The molecule has 0 unspecified atom stereocenters. The molecule has 0 radical (unpaired) electrons. The molecule has 5 nitrogen and oxygen atoms in total. The molecule has 1 aromatic carbocycles. The highest BCUT2D eigenvalue weighted by Gasteiger charge is 2.27. The normalized spacial score (nSPS) is 17.8. The number of amides is 1. The second-order valence-corrected chi connectivity index (χ2v) is 5.24. The molecule has 1 fully saturated rings. The van der Waals surface area contributed by atoms with Gasteiger partial charge in [-0.3, -0.25) is 9.78 Å². The fourth-order valence-corrected chi connectivity index (χ4v) is 2.63. The van der Waals surface area contributed by atoms with E-state index >= 15 is 0 Å². The molecule has 6 heteroatoms. The summed E-state index contributed by atoms with van der Waals surface area (Å²) in [6, 6.07) is 7.67. The number of aromatic nitrogens is 1. The number of ether oxygens (including phenoxy) is 2. The summed E-state index contributed by atoms with van der Waals surface area (Å²) in [5.41, 5.74) is 1.19. The summed E-state index contributed by atoms with van der Waals surface area (Å²) >= 11 is 0. The Morgan fingerprint density at radius 3 is 2.87 bits per heavy atom. The number of hydrogen-bond acceptors (Lipinski definition) is 4. The van der Waals surface area contributed by atoms with E-state index in [0.29, 0.717) is 25.4 Å². The maximum atomic E-state index is 13.5. The molecule has 1 amide bonds. The number of hydrogen-bond donors (Lipinski definition) is 0. The fraction of sp³-hybridized carbons (Fsp3) is 0.294. The van der Waals surface area contributed by atoms with Crippen molar-refractivity contribution in [3.8, 4) is 5.75 Å². The van der Waals surface area contributed by atoms with Gasteiger partial charge in [0.2, 0.25) is 0 Å². The lowest BCUT2D eigenvalue weighted by atomic mass is 10.1. The Morgan fingerprint density at radius 2 is 2.13 bits per heavy atom. The van der Waals surface area contributed by atoms with Crippen molar-refractivity contribution in [3.63, 3.8) is 0 Å². The van der Waals surface area contributed by atoms with Gasteiger partial charge in [-0.2, -0.15) is 0 Å². The van der Waals surface area contributed by atoms with E-state index in [-0.39, 0.29) is 17.6 Å². The molecule has 2 aromatic rings. The van der Waals surface area contributed by atoms with Gasteiger partial charge in [0, 0.05) is 18.9 Å². The Kier molecular flexibility index (Phi) is 4.52. The summed E-state index contributed by atoms with van der Waals surface area (Å²) in [6.45, 7) is 1.29. The highest BCUT2D eigenvalue weighted by atomic mass is 19.1. The standard InChI is InChI=1S/C17H17FN2O3/c1-22-15-3-2-13(18)10-14(15)17(21)20-8-9-23-16(11-20)12-4-6-19-7-5-12/h2-7,10,16H,8-9,11H2,1H3/t16-/m0/s1. The summed E-state index contributed by atoms with van der Waals surface area (Å²) in [4.78, 5) is 18.4. The Morgan fingerprint density at radius 1 is 1.35 bits per heavy atom. The molecule has 0 aliphatic carbocycles. The van der Waals surface area contributed by atoms with Gasteiger partial charge < -0.3 is 14.4 Å². The van der Waals surface area contributed by atoms with Gasteiger partial charge in [-0.25, -0.2) is 4.39 Å². The molecule has 1 saturated heterocycles. The molecular formula is C17H17FN2O3. The average Bonchev–Trinajstić information content (AvgIpc) is 2.62. The van der Waals surface area contributed by atoms with Crippen LogP contribution < -0.4 is 4.74 Å². The van der Waals surface area contributed by atoms with E-state index in [0.717, 1.165) is 5.56 Å². The third-order valence-electron chi connectivity index (χ3n) is 3.82. The van der Waals surface area contributed by atoms with Crippen molar-refractivity contribution < 1.29 is 18.7 Å². The quantitative estimate of drug-likeness (QED) is 0.873. The van der Waals surface area contributed by atoms with Crippen LogP contribution in [-0.4, -0.2) is 42.6 Å². The SMILES string of the molecule is COc1ccc(F)cc1C(=O)N1CCO[C@H](c2ccncc2)C1. The van der Waals surface area contributed by atoms with Crippen LogP contribution >= 0.6 is 0 Å². The van der Waals surface area contributed by atoms with E-state index in [4.69, 9.17) is 9.47 Å². The Labute approximate surface area is 133 Å². The van der Waals surface area contributed by atoms with E-state index in [1.165, 1.54) is 25.3 Å². The summed E-state index contributed by atoms with van der Waals surface area (Å²) in [6.07, 6.45) is 3.17. The topological polar surface area (TPSA) is 51.7 Å². The van der Waals surface area contributed by atoms with Crippen molar-refractivity contribution in [2.45, 2.75) is 6.10 Å². The number of benzene rings is 1. The van der Waals surface area contributed by atoms with Gasteiger partial charge in [0.05, 0.1) is 25.8 Å².